The van der Waals surface area contributed by atoms with Crippen molar-refractivity contribution in [2.45, 2.75) is 6.92 Å². The number of anilines is 2. The van der Waals surface area contributed by atoms with E-state index < -0.39 is 10.9 Å². The molecule has 18 heavy (non-hydrogen) atoms. The predicted octanol–water partition coefficient (Wildman–Crippen LogP) is 1.01. The zero-order valence-electron chi connectivity index (χ0n) is 10.1. The number of nitrogens with zero attached hydrogens (tertiary/aromatic N) is 2. The van der Waals surface area contributed by atoms with Gasteiger partial charge in [0.05, 0.1) is 11.5 Å². The third kappa shape index (κ3) is 3.58. The highest BCUT2D eigenvalue weighted by Crippen LogP contribution is 2.23. The van der Waals surface area contributed by atoms with Gasteiger partial charge >= 0.3 is 11.7 Å². The van der Waals surface area contributed by atoms with Gasteiger partial charge in [-0.25, -0.2) is 4.98 Å². The maximum atomic E-state index is 11.2. The van der Waals surface area contributed by atoms with Crippen molar-refractivity contribution < 1.29 is 14.5 Å². The molecular formula is C10H14N4O4. The van der Waals surface area contributed by atoms with Gasteiger partial charge in [0.2, 0.25) is 5.82 Å². The fourth-order valence-electron chi connectivity index (χ4n) is 1.24. The van der Waals surface area contributed by atoms with Crippen LogP contribution >= 0.6 is 0 Å². The van der Waals surface area contributed by atoms with Gasteiger partial charge in [0.25, 0.3) is 0 Å². The molecule has 0 radical (unpaired) electrons. The van der Waals surface area contributed by atoms with E-state index in [-0.39, 0.29) is 24.7 Å². The van der Waals surface area contributed by atoms with Gasteiger partial charge < -0.3 is 15.4 Å². The molecule has 8 nitrogen and oxygen atoms in total. The van der Waals surface area contributed by atoms with Gasteiger partial charge in [0.15, 0.2) is 0 Å². The van der Waals surface area contributed by atoms with E-state index in [2.05, 4.69) is 15.6 Å². The molecule has 2 N–H and O–H groups in total. The second kappa shape index (κ2) is 6.38. The van der Waals surface area contributed by atoms with E-state index in [0.29, 0.717) is 5.82 Å². The van der Waals surface area contributed by atoms with Crippen LogP contribution in [0.4, 0.5) is 17.3 Å². The van der Waals surface area contributed by atoms with Gasteiger partial charge in [-0.3, -0.25) is 14.9 Å². The molecule has 1 aromatic heterocycles. The smallest absolute Gasteiger partial charge is 0.325 e. The number of nitrogens with one attached hydrogen (secondary N) is 2. The Morgan fingerprint density at radius 3 is 2.83 bits per heavy atom. The lowest BCUT2D eigenvalue weighted by Gasteiger charge is -2.07. The van der Waals surface area contributed by atoms with Crippen LogP contribution in [0.2, 0.25) is 0 Å². The Balaban J connectivity index is 2.84. The zero-order valence-corrected chi connectivity index (χ0v) is 10.1. The van der Waals surface area contributed by atoms with E-state index in [0.717, 1.165) is 0 Å². The molecule has 0 aromatic carbocycles. The molecule has 0 atom stereocenters. The van der Waals surface area contributed by atoms with Crippen LogP contribution in [0.25, 0.3) is 0 Å². The molecule has 0 fully saturated rings. The minimum Gasteiger partial charge on any atom is -0.465 e. The topological polar surface area (TPSA) is 106 Å². The number of nitro groups is 1. The van der Waals surface area contributed by atoms with Crippen molar-refractivity contribution in [3.63, 3.8) is 0 Å². The maximum Gasteiger partial charge on any atom is 0.325 e. The van der Waals surface area contributed by atoms with Crippen LogP contribution in [-0.2, 0) is 9.53 Å². The Hall–Kier alpha value is -2.38. The van der Waals surface area contributed by atoms with E-state index in [9.17, 15) is 14.9 Å². The van der Waals surface area contributed by atoms with Crippen molar-refractivity contribution in [2.24, 2.45) is 0 Å². The van der Waals surface area contributed by atoms with Crippen LogP contribution in [0.3, 0.4) is 0 Å². The summed E-state index contributed by atoms with van der Waals surface area (Å²) in [6.45, 7) is 1.77. The third-order valence-corrected chi connectivity index (χ3v) is 2.03. The number of carbonyl (C=O) groups is 1. The molecule has 0 saturated heterocycles. The first-order chi connectivity index (χ1) is 8.58. The summed E-state index contributed by atoms with van der Waals surface area (Å²) < 4.78 is 4.71. The Morgan fingerprint density at radius 1 is 1.56 bits per heavy atom. The normalized spacial score (nSPS) is 9.67. The maximum absolute atomic E-state index is 11.2. The van der Waals surface area contributed by atoms with Crippen LogP contribution < -0.4 is 10.6 Å². The number of pyridine rings is 1. The van der Waals surface area contributed by atoms with Gasteiger partial charge in [-0.2, -0.15) is 0 Å². The largest absolute Gasteiger partial charge is 0.465 e. The monoisotopic (exact) mass is 254 g/mol. The van der Waals surface area contributed by atoms with Gasteiger partial charge in [-0.1, -0.05) is 0 Å². The molecule has 0 unspecified atom stereocenters. The summed E-state index contributed by atoms with van der Waals surface area (Å²) in [7, 11) is 1.64. The fourth-order valence-corrected chi connectivity index (χ4v) is 1.24. The van der Waals surface area contributed by atoms with Crippen LogP contribution in [0, 0.1) is 10.1 Å². The van der Waals surface area contributed by atoms with E-state index in [1.807, 2.05) is 0 Å². The minimum absolute atomic E-state index is 0.0277. The van der Waals surface area contributed by atoms with Gasteiger partial charge in [0, 0.05) is 13.1 Å². The van der Waals surface area contributed by atoms with Crippen molar-refractivity contribution in [3.8, 4) is 0 Å². The minimum atomic E-state index is -0.570. The quantitative estimate of drug-likeness (QED) is 0.443. The lowest BCUT2D eigenvalue weighted by molar-refractivity contribution is -0.384. The molecule has 0 aliphatic heterocycles. The summed E-state index contributed by atoms with van der Waals surface area (Å²) in [5.74, 6) is -0.00433. The summed E-state index contributed by atoms with van der Waals surface area (Å²) in [5.41, 5.74) is -0.196. The van der Waals surface area contributed by atoms with E-state index in [1.165, 1.54) is 12.1 Å². The fraction of sp³-hybridized carbons (Fsp3) is 0.400. The first-order valence-corrected chi connectivity index (χ1v) is 5.31. The number of ether oxygens (including phenoxy) is 1. The van der Waals surface area contributed by atoms with Crippen molar-refractivity contribution >= 4 is 23.3 Å². The van der Waals surface area contributed by atoms with Crippen LogP contribution in [0.5, 0.6) is 0 Å². The van der Waals surface area contributed by atoms with Crippen molar-refractivity contribution in [2.75, 3.05) is 30.8 Å². The van der Waals surface area contributed by atoms with Gasteiger partial charge in [-0.15, -0.1) is 0 Å². The Kier molecular flexibility index (Phi) is 4.85. The Labute approximate surface area is 104 Å². The molecular weight excluding hydrogens is 240 g/mol. The second-order valence-corrected chi connectivity index (χ2v) is 3.23. The average Bonchev–Trinajstić information content (AvgIpc) is 2.36. The molecule has 1 heterocycles. The molecule has 0 spiro atoms. The first-order valence-electron chi connectivity index (χ1n) is 5.31. The molecule has 0 aliphatic carbocycles. The third-order valence-electron chi connectivity index (χ3n) is 2.03. The van der Waals surface area contributed by atoms with Crippen LogP contribution in [0.15, 0.2) is 12.1 Å². The molecule has 0 aliphatic rings. The number of rotatable bonds is 6. The van der Waals surface area contributed by atoms with E-state index in [1.54, 1.807) is 14.0 Å². The standard InChI is InChI=1S/C10H14N4O4/c1-3-18-9(15)6-12-10-7(14(16)17)4-5-8(11-2)13-10/h4-5H,3,6H2,1-2H3,(H2,11,12,13). The van der Waals surface area contributed by atoms with Crippen molar-refractivity contribution in [1.29, 1.82) is 0 Å². The SMILES string of the molecule is CCOC(=O)CNc1nc(NC)ccc1[N+](=O)[O-]. The zero-order chi connectivity index (χ0) is 13.5. The number of carbonyl (C=O) groups excluding carboxylic acids is 1. The van der Waals surface area contributed by atoms with Gasteiger partial charge in [-0.05, 0) is 13.0 Å². The van der Waals surface area contributed by atoms with Crippen LogP contribution in [0.1, 0.15) is 6.92 Å². The van der Waals surface area contributed by atoms with Crippen molar-refractivity contribution in [1.82, 2.24) is 4.98 Å². The van der Waals surface area contributed by atoms with Gasteiger partial charge in [0.1, 0.15) is 12.4 Å². The van der Waals surface area contributed by atoms with Crippen molar-refractivity contribution in [3.05, 3.63) is 22.2 Å². The summed E-state index contributed by atoms with van der Waals surface area (Å²) >= 11 is 0. The highest BCUT2D eigenvalue weighted by molar-refractivity contribution is 5.76. The van der Waals surface area contributed by atoms with E-state index in [4.69, 9.17) is 4.74 Å². The molecule has 0 bridgehead atoms. The summed E-state index contributed by atoms with van der Waals surface area (Å²) in [6.07, 6.45) is 0. The Bertz CT molecular complexity index is 450. The average molecular weight is 254 g/mol. The molecule has 0 saturated carbocycles. The lowest BCUT2D eigenvalue weighted by Crippen LogP contribution is -2.18. The number of esters is 1. The lowest BCUT2D eigenvalue weighted by atomic mass is 10.3. The Morgan fingerprint density at radius 2 is 2.28 bits per heavy atom. The highest BCUT2D eigenvalue weighted by atomic mass is 16.6. The number of aromatic nitrogens is 1. The molecule has 1 aromatic rings. The molecule has 0 amide bonds. The summed E-state index contributed by atoms with van der Waals surface area (Å²) in [5, 5.41) is 16.1. The molecule has 98 valence electrons. The first kappa shape index (κ1) is 13.7. The molecule has 1 rings (SSSR count). The van der Waals surface area contributed by atoms with E-state index >= 15 is 0 Å². The second-order valence-electron chi connectivity index (χ2n) is 3.23. The number of hydrogen-bond acceptors (Lipinski definition) is 7. The highest BCUT2D eigenvalue weighted by Gasteiger charge is 2.16. The predicted molar refractivity (Wildman–Crippen MR) is 65.6 cm³/mol. The number of hydrogen-bond donors (Lipinski definition) is 2. The molecule has 8 heteroatoms. The summed E-state index contributed by atoms with van der Waals surface area (Å²) in [4.78, 5) is 25.3. The summed E-state index contributed by atoms with van der Waals surface area (Å²) in [6, 6.07) is 2.79. The van der Waals surface area contributed by atoms with Crippen LogP contribution in [-0.4, -0.2) is 36.1 Å².